The second-order valence-corrected chi connectivity index (χ2v) is 5.84. The molecule has 1 amide bonds. The maximum atomic E-state index is 12.0. The van der Waals surface area contributed by atoms with Gasteiger partial charge in [-0.2, -0.15) is 0 Å². The summed E-state index contributed by atoms with van der Waals surface area (Å²) in [7, 11) is 0. The summed E-state index contributed by atoms with van der Waals surface area (Å²) in [4.78, 5) is 18.4. The van der Waals surface area contributed by atoms with Crippen LogP contribution in [0.4, 0.5) is 11.4 Å². The van der Waals surface area contributed by atoms with Gasteiger partial charge in [-0.05, 0) is 63.1 Å². The van der Waals surface area contributed by atoms with E-state index in [0.717, 1.165) is 17.8 Å². The van der Waals surface area contributed by atoms with Gasteiger partial charge >= 0.3 is 0 Å². The van der Waals surface area contributed by atoms with Crippen molar-refractivity contribution in [1.29, 1.82) is 0 Å². The fourth-order valence-corrected chi connectivity index (χ4v) is 2.61. The van der Waals surface area contributed by atoms with Gasteiger partial charge in [0.15, 0.2) is 0 Å². The average molecular weight is 311 g/mol. The van der Waals surface area contributed by atoms with Crippen LogP contribution in [0, 0.1) is 0 Å². The van der Waals surface area contributed by atoms with Gasteiger partial charge in [-0.1, -0.05) is 6.07 Å². The molecule has 0 aliphatic heterocycles. The molecule has 2 rings (SSSR count). The molecule has 4 heteroatoms. The number of carbonyl (C=O) groups is 1. The summed E-state index contributed by atoms with van der Waals surface area (Å²) in [5, 5.41) is 2.95. The Hall–Kier alpha value is -2.36. The molecule has 0 bridgehead atoms. The molecule has 23 heavy (non-hydrogen) atoms. The van der Waals surface area contributed by atoms with E-state index in [1.807, 2.05) is 24.3 Å². The summed E-state index contributed by atoms with van der Waals surface area (Å²) in [6, 6.07) is 12.4. The quantitative estimate of drug-likeness (QED) is 0.844. The van der Waals surface area contributed by atoms with Crippen LogP contribution in [0.2, 0.25) is 0 Å². The van der Waals surface area contributed by atoms with Gasteiger partial charge in [-0.15, -0.1) is 0 Å². The molecule has 0 fully saturated rings. The highest BCUT2D eigenvalue weighted by atomic mass is 16.1. The Kier molecular flexibility index (Phi) is 6.15. The van der Waals surface area contributed by atoms with Crippen molar-refractivity contribution in [3.63, 3.8) is 0 Å². The van der Waals surface area contributed by atoms with Gasteiger partial charge in [0.2, 0.25) is 5.91 Å². The number of rotatable bonds is 7. The number of aryl methyl sites for hydroxylation is 1. The van der Waals surface area contributed by atoms with E-state index >= 15 is 0 Å². The largest absolute Gasteiger partial charge is 0.369 e. The van der Waals surface area contributed by atoms with E-state index in [1.54, 1.807) is 12.4 Å². The van der Waals surface area contributed by atoms with Crippen LogP contribution >= 0.6 is 0 Å². The lowest BCUT2D eigenvalue weighted by Crippen LogP contribution is -2.30. The summed E-state index contributed by atoms with van der Waals surface area (Å²) in [6.45, 7) is 7.47. The van der Waals surface area contributed by atoms with E-state index < -0.39 is 0 Å². The number of anilines is 2. The van der Waals surface area contributed by atoms with Crippen LogP contribution < -0.4 is 10.2 Å². The normalized spacial score (nSPS) is 10.6. The molecular formula is C19H25N3O. The number of amides is 1. The monoisotopic (exact) mass is 311 g/mol. The van der Waals surface area contributed by atoms with Crippen molar-refractivity contribution in [2.75, 3.05) is 16.8 Å². The number of aromatic nitrogens is 1. The van der Waals surface area contributed by atoms with E-state index in [0.29, 0.717) is 18.9 Å². The average Bonchev–Trinajstić information content (AvgIpc) is 2.56. The fourth-order valence-electron chi connectivity index (χ4n) is 2.61. The van der Waals surface area contributed by atoms with Gasteiger partial charge in [-0.3, -0.25) is 9.78 Å². The molecule has 0 radical (unpaired) electrons. The predicted octanol–water partition coefficient (Wildman–Crippen LogP) is 3.89. The molecule has 2 aromatic rings. The molecule has 1 N–H and O–H groups in total. The second kappa shape index (κ2) is 8.32. The molecule has 1 aromatic carbocycles. The smallest absolute Gasteiger partial charge is 0.224 e. The molecule has 0 aliphatic rings. The van der Waals surface area contributed by atoms with E-state index in [-0.39, 0.29) is 5.91 Å². The third kappa shape index (κ3) is 5.09. The number of nitrogens with zero attached hydrogens (tertiary/aromatic N) is 2. The summed E-state index contributed by atoms with van der Waals surface area (Å²) in [5.74, 6) is 0.0258. The zero-order valence-electron chi connectivity index (χ0n) is 14.1. The Labute approximate surface area is 138 Å². The number of pyridine rings is 1. The number of nitrogens with one attached hydrogen (secondary N) is 1. The molecule has 0 atom stereocenters. The molecule has 0 unspecified atom stereocenters. The van der Waals surface area contributed by atoms with Crippen LogP contribution in [-0.4, -0.2) is 23.5 Å². The zero-order valence-corrected chi connectivity index (χ0v) is 14.1. The lowest BCUT2D eigenvalue weighted by atomic mass is 10.1. The number of hydrogen-bond acceptors (Lipinski definition) is 3. The van der Waals surface area contributed by atoms with Crippen LogP contribution in [0.5, 0.6) is 0 Å². The van der Waals surface area contributed by atoms with Gasteiger partial charge in [0.25, 0.3) is 0 Å². The zero-order chi connectivity index (χ0) is 16.7. The van der Waals surface area contributed by atoms with Crippen molar-refractivity contribution >= 4 is 17.3 Å². The first-order chi connectivity index (χ1) is 11.1. The van der Waals surface area contributed by atoms with Crippen LogP contribution in [0.3, 0.4) is 0 Å². The predicted molar refractivity (Wildman–Crippen MR) is 95.8 cm³/mol. The maximum Gasteiger partial charge on any atom is 0.224 e. The highest BCUT2D eigenvalue weighted by Gasteiger charge is 2.08. The van der Waals surface area contributed by atoms with Gasteiger partial charge in [0, 0.05) is 42.8 Å². The first-order valence-corrected chi connectivity index (χ1v) is 8.15. The van der Waals surface area contributed by atoms with Gasteiger partial charge in [0.1, 0.15) is 0 Å². The molecule has 0 aliphatic carbocycles. The third-order valence-corrected chi connectivity index (χ3v) is 3.81. The summed E-state index contributed by atoms with van der Waals surface area (Å²) >= 11 is 0. The van der Waals surface area contributed by atoms with Crippen molar-refractivity contribution in [1.82, 2.24) is 4.98 Å². The molecule has 122 valence electrons. The Bertz CT molecular complexity index is 608. The minimum Gasteiger partial charge on any atom is -0.369 e. The van der Waals surface area contributed by atoms with Crippen molar-refractivity contribution in [3.8, 4) is 0 Å². The van der Waals surface area contributed by atoms with E-state index in [4.69, 9.17) is 0 Å². The maximum absolute atomic E-state index is 12.0. The number of benzene rings is 1. The van der Waals surface area contributed by atoms with Crippen LogP contribution in [0.25, 0.3) is 0 Å². The summed E-state index contributed by atoms with van der Waals surface area (Å²) in [6.07, 6.45) is 4.70. The standard InChI is InChI=1S/C19H25N3O/c1-4-22(15(2)3)18-10-8-17(9-11-18)21-19(23)12-7-16-6-5-13-20-14-16/h5-6,8-11,13-15H,4,7,12H2,1-3H3,(H,21,23). The van der Waals surface area contributed by atoms with Crippen molar-refractivity contribution in [3.05, 3.63) is 54.4 Å². The molecule has 0 spiro atoms. The Morgan fingerprint density at radius 2 is 1.96 bits per heavy atom. The molecule has 0 saturated carbocycles. The third-order valence-electron chi connectivity index (χ3n) is 3.81. The second-order valence-electron chi connectivity index (χ2n) is 5.84. The van der Waals surface area contributed by atoms with E-state index in [9.17, 15) is 4.79 Å². The highest BCUT2D eigenvalue weighted by Crippen LogP contribution is 2.20. The lowest BCUT2D eigenvalue weighted by molar-refractivity contribution is -0.116. The molecule has 0 saturated heterocycles. The fraction of sp³-hybridized carbons (Fsp3) is 0.368. The van der Waals surface area contributed by atoms with Gasteiger partial charge in [0.05, 0.1) is 0 Å². The Morgan fingerprint density at radius 3 is 2.52 bits per heavy atom. The highest BCUT2D eigenvalue weighted by molar-refractivity contribution is 5.91. The lowest BCUT2D eigenvalue weighted by Gasteiger charge is -2.27. The van der Waals surface area contributed by atoms with Crippen molar-refractivity contribution in [2.24, 2.45) is 0 Å². The van der Waals surface area contributed by atoms with E-state index in [2.05, 4.69) is 48.1 Å². The van der Waals surface area contributed by atoms with Gasteiger partial charge < -0.3 is 10.2 Å². The van der Waals surface area contributed by atoms with Gasteiger partial charge in [-0.25, -0.2) is 0 Å². The first-order valence-electron chi connectivity index (χ1n) is 8.15. The summed E-state index contributed by atoms with van der Waals surface area (Å²) < 4.78 is 0. The number of hydrogen-bond donors (Lipinski definition) is 1. The van der Waals surface area contributed by atoms with Crippen molar-refractivity contribution in [2.45, 2.75) is 39.7 Å². The Balaban J connectivity index is 1.89. The number of carbonyl (C=O) groups excluding carboxylic acids is 1. The first kappa shape index (κ1) is 17.0. The molecule has 1 aromatic heterocycles. The minimum absolute atomic E-state index is 0.0258. The SMILES string of the molecule is CCN(c1ccc(NC(=O)CCc2cccnc2)cc1)C(C)C. The Morgan fingerprint density at radius 1 is 1.22 bits per heavy atom. The molecule has 1 heterocycles. The van der Waals surface area contributed by atoms with E-state index in [1.165, 1.54) is 5.69 Å². The van der Waals surface area contributed by atoms with Crippen molar-refractivity contribution < 1.29 is 4.79 Å². The van der Waals surface area contributed by atoms with Crippen LogP contribution in [-0.2, 0) is 11.2 Å². The van der Waals surface area contributed by atoms with Crippen LogP contribution in [0.15, 0.2) is 48.8 Å². The summed E-state index contributed by atoms with van der Waals surface area (Å²) in [5.41, 5.74) is 3.09. The molecular weight excluding hydrogens is 286 g/mol. The van der Waals surface area contributed by atoms with Crippen LogP contribution in [0.1, 0.15) is 32.8 Å². The topological polar surface area (TPSA) is 45.2 Å². The minimum atomic E-state index is 0.0258. The molecule has 4 nitrogen and oxygen atoms in total.